The van der Waals surface area contributed by atoms with Crippen LogP contribution in [0.1, 0.15) is 31.7 Å². The summed E-state index contributed by atoms with van der Waals surface area (Å²) in [5.74, 6) is -0.0915. The molecule has 3 rings (SSSR count). The summed E-state index contributed by atoms with van der Waals surface area (Å²) in [6, 6.07) is 10.3. The number of aromatic nitrogens is 2. The van der Waals surface area contributed by atoms with Gasteiger partial charge in [0.2, 0.25) is 0 Å². The van der Waals surface area contributed by atoms with E-state index in [1.165, 1.54) is 5.56 Å². The molecule has 1 aromatic heterocycles. The van der Waals surface area contributed by atoms with Crippen molar-refractivity contribution >= 4 is 5.97 Å². The van der Waals surface area contributed by atoms with Gasteiger partial charge in [0.05, 0.1) is 17.7 Å². The standard InChI is InChI=1S/C22H31N3O3/c1-4-28-21(26)22(12-14-27-3)11-8-13-25(17-22)16-19-15-24(2)23-20(19)18-9-6-5-7-10-18/h5-7,9-10,15H,4,8,11-14,16-17H2,1-3H3. The molecule has 1 saturated heterocycles. The molecular formula is C22H31N3O3. The van der Waals surface area contributed by atoms with Crippen molar-refractivity contribution in [1.29, 1.82) is 0 Å². The number of piperidine rings is 1. The minimum absolute atomic E-state index is 0.0915. The van der Waals surface area contributed by atoms with E-state index in [4.69, 9.17) is 9.47 Å². The third kappa shape index (κ3) is 4.62. The third-order valence-corrected chi connectivity index (χ3v) is 5.49. The second kappa shape index (κ2) is 9.34. The summed E-state index contributed by atoms with van der Waals surface area (Å²) in [5, 5.41) is 4.68. The fourth-order valence-corrected chi connectivity index (χ4v) is 4.15. The maximum absolute atomic E-state index is 12.8. The number of esters is 1. The Balaban J connectivity index is 1.80. The zero-order valence-corrected chi connectivity index (χ0v) is 17.2. The van der Waals surface area contributed by atoms with Crippen molar-refractivity contribution < 1.29 is 14.3 Å². The van der Waals surface area contributed by atoms with Gasteiger partial charge in [-0.05, 0) is 32.7 Å². The highest BCUT2D eigenvalue weighted by Gasteiger charge is 2.43. The maximum atomic E-state index is 12.8. The zero-order valence-electron chi connectivity index (χ0n) is 17.2. The van der Waals surface area contributed by atoms with E-state index in [2.05, 4.69) is 28.3 Å². The highest BCUT2D eigenvalue weighted by molar-refractivity contribution is 5.77. The maximum Gasteiger partial charge on any atom is 0.313 e. The average molecular weight is 386 g/mol. The number of rotatable bonds is 8. The van der Waals surface area contributed by atoms with Crippen molar-refractivity contribution in [2.75, 3.05) is 33.4 Å². The van der Waals surface area contributed by atoms with E-state index < -0.39 is 5.41 Å². The first-order valence-corrected chi connectivity index (χ1v) is 10.0. The van der Waals surface area contributed by atoms with Crippen LogP contribution in [0, 0.1) is 5.41 Å². The van der Waals surface area contributed by atoms with Crippen LogP contribution in [-0.2, 0) is 27.9 Å². The summed E-state index contributed by atoms with van der Waals surface area (Å²) in [6.07, 6.45) is 4.60. The third-order valence-electron chi connectivity index (χ3n) is 5.49. The Kier molecular flexibility index (Phi) is 6.86. The Hall–Kier alpha value is -2.18. The topological polar surface area (TPSA) is 56.6 Å². The first-order chi connectivity index (χ1) is 13.6. The molecule has 1 aliphatic rings. The Bertz CT molecular complexity index is 775. The van der Waals surface area contributed by atoms with Crippen LogP contribution in [0.15, 0.2) is 36.5 Å². The number of nitrogens with zero attached hydrogens (tertiary/aromatic N) is 3. The van der Waals surface area contributed by atoms with E-state index >= 15 is 0 Å². The molecule has 0 bridgehead atoms. The molecule has 0 N–H and O–H groups in total. The van der Waals surface area contributed by atoms with Gasteiger partial charge in [-0.15, -0.1) is 0 Å². The molecular weight excluding hydrogens is 354 g/mol. The van der Waals surface area contributed by atoms with Crippen molar-refractivity contribution in [1.82, 2.24) is 14.7 Å². The van der Waals surface area contributed by atoms with Crippen molar-refractivity contribution in [3.05, 3.63) is 42.1 Å². The number of carbonyl (C=O) groups is 1. The minimum atomic E-state index is -0.487. The van der Waals surface area contributed by atoms with Crippen molar-refractivity contribution in [3.63, 3.8) is 0 Å². The first kappa shape index (κ1) is 20.6. The molecule has 2 heterocycles. The quantitative estimate of drug-likeness (QED) is 0.653. The fourth-order valence-electron chi connectivity index (χ4n) is 4.15. The zero-order chi connectivity index (χ0) is 20.0. The van der Waals surface area contributed by atoms with Crippen molar-refractivity contribution in [2.24, 2.45) is 12.5 Å². The number of hydrogen-bond donors (Lipinski definition) is 0. The van der Waals surface area contributed by atoms with E-state index in [-0.39, 0.29) is 5.97 Å². The molecule has 28 heavy (non-hydrogen) atoms. The summed E-state index contributed by atoms with van der Waals surface area (Å²) >= 11 is 0. The summed E-state index contributed by atoms with van der Waals surface area (Å²) < 4.78 is 12.6. The first-order valence-electron chi connectivity index (χ1n) is 10.0. The number of hydrogen-bond acceptors (Lipinski definition) is 5. The Labute approximate surface area is 167 Å². The molecule has 0 spiro atoms. The lowest BCUT2D eigenvalue weighted by atomic mass is 9.77. The molecule has 1 atom stereocenters. The summed E-state index contributed by atoms with van der Waals surface area (Å²) in [5.41, 5.74) is 2.82. The van der Waals surface area contributed by atoms with E-state index in [1.54, 1.807) is 7.11 Å². The second-order valence-electron chi connectivity index (χ2n) is 7.60. The molecule has 0 aliphatic carbocycles. The van der Waals surface area contributed by atoms with Gasteiger partial charge in [0.1, 0.15) is 0 Å². The lowest BCUT2D eigenvalue weighted by molar-refractivity contribution is -0.160. The summed E-state index contributed by atoms with van der Waals surface area (Å²) in [6.45, 7) is 5.27. The van der Waals surface area contributed by atoms with Gasteiger partial charge in [-0.1, -0.05) is 30.3 Å². The van der Waals surface area contributed by atoms with Crippen LogP contribution in [0.5, 0.6) is 0 Å². The normalized spacial score (nSPS) is 20.2. The number of carbonyl (C=O) groups excluding carboxylic acids is 1. The van der Waals surface area contributed by atoms with Crippen molar-refractivity contribution in [2.45, 2.75) is 32.7 Å². The fraction of sp³-hybridized carbons (Fsp3) is 0.545. The number of benzene rings is 1. The van der Waals surface area contributed by atoms with Gasteiger partial charge in [0.15, 0.2) is 0 Å². The van der Waals surface area contributed by atoms with Gasteiger partial charge < -0.3 is 9.47 Å². The largest absolute Gasteiger partial charge is 0.466 e. The minimum Gasteiger partial charge on any atom is -0.466 e. The van der Waals surface area contributed by atoms with E-state index in [0.717, 1.165) is 37.2 Å². The van der Waals surface area contributed by atoms with Gasteiger partial charge in [0, 0.05) is 51.2 Å². The molecule has 1 aromatic carbocycles. The van der Waals surface area contributed by atoms with Crippen LogP contribution in [0.3, 0.4) is 0 Å². The predicted octanol–water partition coefficient (Wildman–Crippen LogP) is 3.27. The highest BCUT2D eigenvalue weighted by Crippen LogP contribution is 2.36. The molecule has 1 unspecified atom stereocenters. The van der Waals surface area contributed by atoms with Gasteiger partial charge >= 0.3 is 5.97 Å². The van der Waals surface area contributed by atoms with Gasteiger partial charge in [-0.2, -0.15) is 5.10 Å². The number of methoxy groups -OCH3 is 1. The van der Waals surface area contributed by atoms with Gasteiger partial charge in [-0.3, -0.25) is 14.4 Å². The monoisotopic (exact) mass is 385 g/mol. The molecule has 1 aliphatic heterocycles. The van der Waals surface area contributed by atoms with Crippen molar-refractivity contribution in [3.8, 4) is 11.3 Å². The SMILES string of the molecule is CCOC(=O)C1(CCOC)CCCN(Cc2cn(C)nc2-c2ccccc2)C1. The molecule has 1 fully saturated rings. The van der Waals surface area contributed by atoms with Crippen LogP contribution < -0.4 is 0 Å². The van der Waals surface area contributed by atoms with Crippen LogP contribution in [-0.4, -0.2) is 54.1 Å². The lowest BCUT2D eigenvalue weighted by Crippen LogP contribution is -2.48. The van der Waals surface area contributed by atoms with Crippen LogP contribution in [0.2, 0.25) is 0 Å². The van der Waals surface area contributed by atoms with Gasteiger partial charge in [-0.25, -0.2) is 0 Å². The smallest absolute Gasteiger partial charge is 0.313 e. The van der Waals surface area contributed by atoms with E-state index in [0.29, 0.717) is 26.2 Å². The van der Waals surface area contributed by atoms with Crippen LogP contribution >= 0.6 is 0 Å². The summed E-state index contributed by atoms with van der Waals surface area (Å²) in [7, 11) is 3.63. The summed E-state index contributed by atoms with van der Waals surface area (Å²) in [4.78, 5) is 15.2. The lowest BCUT2D eigenvalue weighted by Gasteiger charge is -2.41. The van der Waals surface area contributed by atoms with Gasteiger partial charge in [0.25, 0.3) is 0 Å². The van der Waals surface area contributed by atoms with E-state index in [9.17, 15) is 4.79 Å². The molecule has 6 nitrogen and oxygen atoms in total. The highest BCUT2D eigenvalue weighted by atomic mass is 16.5. The molecule has 152 valence electrons. The molecule has 0 saturated carbocycles. The Morgan fingerprint density at radius 2 is 2.07 bits per heavy atom. The molecule has 6 heteroatoms. The predicted molar refractivity (Wildman–Crippen MR) is 109 cm³/mol. The number of aryl methyl sites for hydroxylation is 1. The number of ether oxygens (including phenoxy) is 2. The Morgan fingerprint density at radius 1 is 1.29 bits per heavy atom. The Morgan fingerprint density at radius 3 is 2.79 bits per heavy atom. The average Bonchev–Trinajstić information content (AvgIpc) is 3.07. The molecule has 0 amide bonds. The number of likely N-dealkylation sites (tertiary alicyclic amines) is 1. The molecule has 0 radical (unpaired) electrons. The molecule has 2 aromatic rings. The van der Waals surface area contributed by atoms with Crippen LogP contribution in [0.4, 0.5) is 0 Å². The second-order valence-corrected chi connectivity index (χ2v) is 7.60. The van der Waals surface area contributed by atoms with E-state index in [1.807, 2.05) is 36.9 Å². The van der Waals surface area contributed by atoms with Crippen LogP contribution in [0.25, 0.3) is 11.3 Å².